The van der Waals surface area contributed by atoms with Crippen molar-refractivity contribution in [3.05, 3.63) is 35.4 Å². The summed E-state index contributed by atoms with van der Waals surface area (Å²) in [7, 11) is 1.82. The number of benzene rings is 1. The molecule has 20 heavy (non-hydrogen) atoms. The number of hydrogen-bond acceptors (Lipinski definition) is 1. The van der Waals surface area contributed by atoms with Crippen molar-refractivity contribution in [1.29, 1.82) is 0 Å². The molecule has 0 heterocycles. The summed E-state index contributed by atoms with van der Waals surface area (Å²) in [6.45, 7) is 6.81. The molecule has 0 bridgehead atoms. The normalized spacial score (nSPS) is 19.4. The molecule has 1 aliphatic carbocycles. The van der Waals surface area contributed by atoms with Crippen molar-refractivity contribution in [1.82, 2.24) is 0 Å². The zero-order valence-electron chi connectivity index (χ0n) is 13.2. The van der Waals surface area contributed by atoms with Crippen LogP contribution >= 0.6 is 11.6 Å². The van der Waals surface area contributed by atoms with Gasteiger partial charge < -0.3 is 4.74 Å². The van der Waals surface area contributed by atoms with Crippen LogP contribution in [0.15, 0.2) is 24.3 Å². The number of alkyl halides is 1. The zero-order chi connectivity index (χ0) is 14.8. The van der Waals surface area contributed by atoms with Gasteiger partial charge in [0.05, 0.1) is 11.0 Å². The third-order valence-electron chi connectivity index (χ3n) is 5.19. The van der Waals surface area contributed by atoms with E-state index in [0.717, 1.165) is 25.7 Å². The van der Waals surface area contributed by atoms with Crippen molar-refractivity contribution >= 4 is 11.6 Å². The Kier molecular flexibility index (Phi) is 4.81. The molecule has 2 rings (SSSR count). The topological polar surface area (TPSA) is 9.23 Å². The average molecular weight is 295 g/mol. The lowest BCUT2D eigenvalue weighted by atomic mass is 9.75. The predicted octanol–water partition coefficient (Wildman–Crippen LogP) is 5.61. The molecular formula is C18H27ClO. The van der Waals surface area contributed by atoms with E-state index in [1.54, 1.807) is 0 Å². The first-order chi connectivity index (χ1) is 9.42. The second-order valence-electron chi connectivity index (χ2n) is 6.77. The van der Waals surface area contributed by atoms with Gasteiger partial charge in [-0.15, -0.1) is 11.6 Å². The van der Waals surface area contributed by atoms with Crippen LogP contribution < -0.4 is 0 Å². The highest BCUT2D eigenvalue weighted by Gasteiger charge is 2.38. The summed E-state index contributed by atoms with van der Waals surface area (Å²) in [5, 5.41) is 0.0500. The van der Waals surface area contributed by atoms with Gasteiger partial charge in [-0.25, -0.2) is 0 Å². The van der Waals surface area contributed by atoms with Crippen molar-refractivity contribution in [3.8, 4) is 0 Å². The Labute approximate surface area is 128 Å². The van der Waals surface area contributed by atoms with Crippen molar-refractivity contribution < 1.29 is 4.74 Å². The van der Waals surface area contributed by atoms with Crippen molar-refractivity contribution in [3.63, 3.8) is 0 Å². The number of halogens is 1. The molecule has 2 heteroatoms. The first kappa shape index (κ1) is 15.9. The van der Waals surface area contributed by atoms with Crippen molar-refractivity contribution in [2.24, 2.45) is 0 Å². The van der Waals surface area contributed by atoms with E-state index in [1.807, 2.05) is 7.11 Å². The lowest BCUT2D eigenvalue weighted by Gasteiger charge is -2.41. The predicted molar refractivity (Wildman–Crippen MR) is 86.6 cm³/mol. The minimum absolute atomic E-state index is 0.0355. The lowest BCUT2D eigenvalue weighted by Crippen LogP contribution is -2.39. The molecule has 0 spiro atoms. The van der Waals surface area contributed by atoms with Gasteiger partial charge in [0.2, 0.25) is 0 Å². The molecule has 1 saturated carbocycles. The minimum atomic E-state index is 0.0355. The Morgan fingerprint density at radius 1 is 1.25 bits per heavy atom. The smallest absolute Gasteiger partial charge is 0.0696 e. The molecule has 0 saturated heterocycles. The molecule has 112 valence electrons. The second kappa shape index (κ2) is 6.07. The van der Waals surface area contributed by atoms with Crippen LogP contribution in [0.25, 0.3) is 0 Å². The van der Waals surface area contributed by atoms with Crippen LogP contribution in [-0.4, -0.2) is 12.7 Å². The summed E-state index contributed by atoms with van der Waals surface area (Å²) >= 11 is 6.60. The van der Waals surface area contributed by atoms with Crippen LogP contribution in [0.3, 0.4) is 0 Å². The molecule has 0 aromatic heterocycles. The van der Waals surface area contributed by atoms with E-state index in [9.17, 15) is 0 Å². The molecule has 1 aromatic carbocycles. The lowest BCUT2D eigenvalue weighted by molar-refractivity contribution is -0.0780. The van der Waals surface area contributed by atoms with Gasteiger partial charge in [0.1, 0.15) is 0 Å². The number of ether oxygens (including phenoxy) is 1. The van der Waals surface area contributed by atoms with Gasteiger partial charge in [0.25, 0.3) is 0 Å². The van der Waals surface area contributed by atoms with E-state index >= 15 is 0 Å². The third-order valence-corrected chi connectivity index (χ3v) is 5.59. The Balaban J connectivity index is 2.06. The largest absolute Gasteiger partial charge is 0.378 e. The Hall–Kier alpha value is -0.530. The van der Waals surface area contributed by atoms with Gasteiger partial charge in [-0.3, -0.25) is 0 Å². The molecule has 1 fully saturated rings. The summed E-state index contributed by atoms with van der Waals surface area (Å²) in [6.07, 6.45) is 5.62. The van der Waals surface area contributed by atoms with Crippen molar-refractivity contribution in [2.45, 2.75) is 69.3 Å². The summed E-state index contributed by atoms with van der Waals surface area (Å²) in [6, 6.07) is 8.84. The van der Waals surface area contributed by atoms with E-state index in [2.05, 4.69) is 45.0 Å². The molecule has 1 nitrogen and oxygen atoms in total. The highest BCUT2D eigenvalue weighted by Crippen LogP contribution is 2.44. The number of hydrogen-bond donors (Lipinski definition) is 0. The van der Waals surface area contributed by atoms with E-state index in [-0.39, 0.29) is 16.4 Å². The molecule has 0 aliphatic heterocycles. The maximum atomic E-state index is 6.60. The quantitative estimate of drug-likeness (QED) is 0.619. The Bertz CT molecular complexity index is 426. The van der Waals surface area contributed by atoms with E-state index in [0.29, 0.717) is 0 Å². The molecule has 1 aromatic rings. The highest BCUT2D eigenvalue weighted by atomic mass is 35.5. The Morgan fingerprint density at radius 2 is 1.85 bits per heavy atom. The van der Waals surface area contributed by atoms with E-state index < -0.39 is 0 Å². The van der Waals surface area contributed by atoms with Crippen LogP contribution in [0, 0.1) is 0 Å². The molecule has 1 unspecified atom stereocenters. The van der Waals surface area contributed by atoms with Crippen LogP contribution in [0.4, 0.5) is 0 Å². The highest BCUT2D eigenvalue weighted by molar-refractivity contribution is 6.20. The van der Waals surface area contributed by atoms with Crippen molar-refractivity contribution in [2.75, 3.05) is 7.11 Å². The van der Waals surface area contributed by atoms with Gasteiger partial charge in [-0.2, -0.15) is 0 Å². The number of methoxy groups -OCH3 is 1. The van der Waals surface area contributed by atoms with E-state index in [4.69, 9.17) is 16.3 Å². The standard InChI is InChI=1S/C18H27ClO/c1-5-17(2,3)15-9-7-14(8-10-15)16(19)13-18(20-4)11-6-12-18/h7-10,16H,5-6,11-13H2,1-4H3. The summed E-state index contributed by atoms with van der Waals surface area (Å²) in [5.41, 5.74) is 2.87. The fraction of sp³-hybridized carbons (Fsp3) is 0.667. The van der Waals surface area contributed by atoms with Gasteiger partial charge in [-0.05, 0) is 48.6 Å². The van der Waals surface area contributed by atoms with Crippen LogP contribution in [-0.2, 0) is 10.2 Å². The minimum Gasteiger partial charge on any atom is -0.378 e. The molecule has 0 amide bonds. The number of rotatable bonds is 6. The third kappa shape index (κ3) is 3.20. The zero-order valence-corrected chi connectivity index (χ0v) is 14.0. The second-order valence-corrected chi connectivity index (χ2v) is 7.30. The summed E-state index contributed by atoms with van der Waals surface area (Å²) in [4.78, 5) is 0. The molecule has 0 N–H and O–H groups in total. The molecule has 0 radical (unpaired) electrons. The molecule has 1 aliphatic rings. The molecular weight excluding hydrogens is 268 g/mol. The SMILES string of the molecule is CCC(C)(C)c1ccc(C(Cl)CC2(OC)CCC2)cc1. The maximum Gasteiger partial charge on any atom is 0.0696 e. The van der Waals surface area contributed by atoms with Gasteiger partial charge in [0, 0.05) is 7.11 Å². The van der Waals surface area contributed by atoms with Crippen LogP contribution in [0.2, 0.25) is 0 Å². The van der Waals surface area contributed by atoms with Gasteiger partial charge in [0.15, 0.2) is 0 Å². The van der Waals surface area contributed by atoms with Gasteiger partial charge >= 0.3 is 0 Å². The fourth-order valence-electron chi connectivity index (χ4n) is 2.85. The van der Waals surface area contributed by atoms with Gasteiger partial charge in [-0.1, -0.05) is 45.0 Å². The van der Waals surface area contributed by atoms with Crippen LogP contribution in [0.5, 0.6) is 0 Å². The molecule has 1 atom stereocenters. The summed E-state index contributed by atoms with van der Waals surface area (Å²) in [5.74, 6) is 0. The Morgan fingerprint density at radius 3 is 2.25 bits per heavy atom. The fourth-order valence-corrected chi connectivity index (χ4v) is 3.28. The maximum absolute atomic E-state index is 6.60. The van der Waals surface area contributed by atoms with Crippen LogP contribution in [0.1, 0.15) is 69.4 Å². The monoisotopic (exact) mass is 294 g/mol. The summed E-state index contributed by atoms with van der Waals surface area (Å²) < 4.78 is 5.68. The first-order valence-electron chi connectivity index (χ1n) is 7.72. The first-order valence-corrected chi connectivity index (χ1v) is 8.16. The average Bonchev–Trinajstić information content (AvgIpc) is 2.42. The van der Waals surface area contributed by atoms with E-state index in [1.165, 1.54) is 17.5 Å².